The molecule has 0 amide bonds. The zero-order valence-corrected chi connectivity index (χ0v) is 16.1. The summed E-state index contributed by atoms with van der Waals surface area (Å²) in [6, 6.07) is 16.1. The van der Waals surface area contributed by atoms with Gasteiger partial charge in [-0.15, -0.1) is 11.3 Å². The second-order valence-corrected chi connectivity index (χ2v) is 8.01. The number of hydrogen-bond donors (Lipinski definition) is 0. The normalized spacial score (nSPS) is 20.2. The topological polar surface area (TPSA) is 68.0 Å². The number of non-ortho nitro benzene ring substituents is 1. The molecule has 0 bridgehead atoms. The van der Waals surface area contributed by atoms with Crippen LogP contribution in [0.3, 0.4) is 0 Å². The summed E-state index contributed by atoms with van der Waals surface area (Å²) in [5, 5.41) is 20.6. The van der Waals surface area contributed by atoms with E-state index in [4.69, 9.17) is 21.4 Å². The third kappa shape index (κ3) is 2.83. The van der Waals surface area contributed by atoms with Gasteiger partial charge in [-0.3, -0.25) is 10.1 Å². The second kappa shape index (κ2) is 6.61. The third-order valence-electron chi connectivity index (χ3n) is 4.92. The number of nitrogens with zero attached hydrogens (tertiary/aromatic N) is 3. The van der Waals surface area contributed by atoms with Crippen LogP contribution >= 0.6 is 22.9 Å². The van der Waals surface area contributed by atoms with Crippen LogP contribution in [-0.4, -0.2) is 15.6 Å². The van der Waals surface area contributed by atoms with Crippen molar-refractivity contribution in [1.29, 1.82) is 0 Å². The van der Waals surface area contributed by atoms with Crippen LogP contribution in [0.1, 0.15) is 34.7 Å². The minimum Gasteiger partial charge on any atom is -0.464 e. The van der Waals surface area contributed by atoms with Crippen molar-refractivity contribution in [2.45, 2.75) is 18.7 Å². The summed E-state index contributed by atoms with van der Waals surface area (Å²) in [4.78, 5) is 11.9. The molecule has 3 aromatic rings. The molecular weight excluding hydrogens is 398 g/mol. The third-order valence-corrected chi connectivity index (χ3v) is 6.08. The Bertz CT molecular complexity index is 1100. The first-order chi connectivity index (χ1) is 13.6. The Labute approximate surface area is 169 Å². The van der Waals surface area contributed by atoms with E-state index in [1.54, 1.807) is 29.5 Å². The Hall–Kier alpha value is -2.90. The number of halogens is 1. The van der Waals surface area contributed by atoms with E-state index >= 15 is 0 Å². The fourth-order valence-electron chi connectivity index (χ4n) is 3.66. The van der Waals surface area contributed by atoms with Gasteiger partial charge in [0.15, 0.2) is 0 Å². The van der Waals surface area contributed by atoms with Crippen molar-refractivity contribution >= 4 is 34.3 Å². The molecule has 2 aromatic carbocycles. The molecule has 6 nitrogen and oxygen atoms in total. The number of nitro benzene ring substituents is 1. The monoisotopic (exact) mass is 411 g/mol. The Morgan fingerprint density at radius 3 is 2.89 bits per heavy atom. The molecule has 2 aliphatic rings. The first-order valence-electron chi connectivity index (χ1n) is 8.70. The Balaban J connectivity index is 1.62. The lowest BCUT2D eigenvalue weighted by Gasteiger charge is -2.38. The van der Waals surface area contributed by atoms with Gasteiger partial charge in [0.05, 0.1) is 21.6 Å². The molecule has 140 valence electrons. The summed E-state index contributed by atoms with van der Waals surface area (Å²) < 4.78 is 6.23. The van der Waals surface area contributed by atoms with E-state index in [-0.39, 0.29) is 11.7 Å². The molecule has 0 saturated carbocycles. The van der Waals surface area contributed by atoms with Crippen LogP contribution in [-0.2, 0) is 0 Å². The van der Waals surface area contributed by atoms with Gasteiger partial charge in [-0.05, 0) is 29.6 Å². The van der Waals surface area contributed by atoms with E-state index in [1.165, 1.54) is 6.07 Å². The highest BCUT2D eigenvalue weighted by molar-refractivity contribution is 7.12. The lowest BCUT2D eigenvalue weighted by atomic mass is 9.97. The van der Waals surface area contributed by atoms with Crippen molar-refractivity contribution in [2.75, 3.05) is 0 Å². The first kappa shape index (κ1) is 17.2. The summed E-state index contributed by atoms with van der Waals surface area (Å²) >= 11 is 7.87. The van der Waals surface area contributed by atoms with Gasteiger partial charge in [-0.2, -0.15) is 5.10 Å². The highest BCUT2D eigenvalue weighted by Crippen LogP contribution is 2.48. The van der Waals surface area contributed by atoms with Crippen molar-refractivity contribution in [3.8, 4) is 5.75 Å². The van der Waals surface area contributed by atoms with E-state index in [0.717, 1.165) is 28.3 Å². The van der Waals surface area contributed by atoms with Gasteiger partial charge in [0.1, 0.15) is 5.75 Å². The molecule has 0 N–H and O–H groups in total. The van der Waals surface area contributed by atoms with Crippen LogP contribution in [0.25, 0.3) is 0 Å². The molecule has 0 aliphatic carbocycles. The van der Waals surface area contributed by atoms with Crippen LogP contribution in [0.5, 0.6) is 5.75 Å². The van der Waals surface area contributed by atoms with Crippen molar-refractivity contribution in [1.82, 2.24) is 5.01 Å². The molecule has 2 atom stereocenters. The molecule has 0 unspecified atom stereocenters. The lowest BCUT2D eigenvalue weighted by Crippen LogP contribution is -2.33. The number of hydrazone groups is 1. The average Bonchev–Trinajstić information content (AvgIpc) is 3.37. The zero-order chi connectivity index (χ0) is 19.3. The van der Waals surface area contributed by atoms with Gasteiger partial charge < -0.3 is 4.74 Å². The number of benzene rings is 2. The molecule has 0 fully saturated rings. The number of nitro groups is 1. The van der Waals surface area contributed by atoms with Crippen molar-refractivity contribution in [3.05, 3.63) is 91.1 Å². The number of thiophene rings is 1. The number of hydrogen-bond acceptors (Lipinski definition) is 6. The number of ether oxygens (including phenoxy) is 1. The predicted molar refractivity (Wildman–Crippen MR) is 108 cm³/mol. The molecule has 0 spiro atoms. The van der Waals surface area contributed by atoms with Crippen molar-refractivity contribution in [2.24, 2.45) is 5.10 Å². The van der Waals surface area contributed by atoms with E-state index in [9.17, 15) is 10.1 Å². The maximum atomic E-state index is 11.2. The van der Waals surface area contributed by atoms with Gasteiger partial charge in [-0.25, -0.2) is 5.01 Å². The Morgan fingerprint density at radius 1 is 1.21 bits per heavy atom. The molecule has 0 saturated heterocycles. The van der Waals surface area contributed by atoms with Gasteiger partial charge in [0.2, 0.25) is 6.23 Å². The lowest BCUT2D eigenvalue weighted by molar-refractivity contribution is -0.385. The minimum absolute atomic E-state index is 0.0289. The largest absolute Gasteiger partial charge is 0.464 e. The Kier molecular flexibility index (Phi) is 4.07. The van der Waals surface area contributed by atoms with Crippen LogP contribution in [0.4, 0.5) is 5.69 Å². The van der Waals surface area contributed by atoms with E-state index < -0.39 is 11.2 Å². The SMILES string of the molecule is O=[N+]([O-])c1cccc([C@H]2Oc3ccc(Cl)cc3[C@@H]3CC(c4cccs4)=NN23)c1. The van der Waals surface area contributed by atoms with E-state index in [0.29, 0.717) is 10.6 Å². The summed E-state index contributed by atoms with van der Waals surface area (Å²) in [5.41, 5.74) is 2.67. The summed E-state index contributed by atoms with van der Waals surface area (Å²) in [6.07, 6.45) is 0.180. The van der Waals surface area contributed by atoms with Crippen LogP contribution in [0.15, 0.2) is 65.1 Å². The van der Waals surface area contributed by atoms with Crippen molar-refractivity contribution < 1.29 is 9.66 Å². The smallest absolute Gasteiger partial charge is 0.269 e. The van der Waals surface area contributed by atoms with Gasteiger partial charge in [0, 0.05) is 34.7 Å². The van der Waals surface area contributed by atoms with Gasteiger partial charge in [0.25, 0.3) is 5.69 Å². The summed E-state index contributed by atoms with van der Waals surface area (Å²) in [5.74, 6) is 0.727. The molecule has 5 rings (SSSR count). The second-order valence-electron chi connectivity index (χ2n) is 6.63. The molecule has 0 radical (unpaired) electrons. The first-order valence-corrected chi connectivity index (χ1v) is 9.96. The molecule has 8 heteroatoms. The summed E-state index contributed by atoms with van der Waals surface area (Å²) in [7, 11) is 0. The zero-order valence-electron chi connectivity index (χ0n) is 14.5. The number of rotatable bonds is 3. The molecular formula is C20H14ClN3O3S. The summed E-state index contributed by atoms with van der Waals surface area (Å²) in [6.45, 7) is 0. The highest BCUT2D eigenvalue weighted by atomic mass is 35.5. The molecule has 28 heavy (non-hydrogen) atoms. The van der Waals surface area contributed by atoms with Crippen molar-refractivity contribution in [3.63, 3.8) is 0 Å². The maximum Gasteiger partial charge on any atom is 0.269 e. The van der Waals surface area contributed by atoms with Crippen LogP contribution in [0.2, 0.25) is 5.02 Å². The number of fused-ring (bicyclic) bond motifs is 3. The van der Waals surface area contributed by atoms with E-state index in [2.05, 4.69) is 0 Å². The average molecular weight is 412 g/mol. The van der Waals surface area contributed by atoms with Crippen LogP contribution < -0.4 is 4.74 Å². The Morgan fingerprint density at radius 2 is 2.11 bits per heavy atom. The fourth-order valence-corrected chi connectivity index (χ4v) is 4.56. The molecule has 3 heterocycles. The predicted octanol–water partition coefficient (Wildman–Crippen LogP) is 5.55. The standard InChI is InChI=1S/C20H14ClN3O3S/c21-13-6-7-18-15(10-13)17-11-16(19-5-2-8-28-19)22-23(17)20(27-18)12-3-1-4-14(9-12)24(25)26/h1-10,17,20H,11H2/t17-,20+/m0/s1. The van der Waals surface area contributed by atoms with Gasteiger partial charge in [-0.1, -0.05) is 29.8 Å². The minimum atomic E-state index is -0.545. The highest BCUT2D eigenvalue weighted by Gasteiger charge is 2.41. The molecule has 2 aliphatic heterocycles. The van der Waals surface area contributed by atoms with Gasteiger partial charge >= 0.3 is 0 Å². The quantitative estimate of drug-likeness (QED) is 0.418. The van der Waals surface area contributed by atoms with Crippen LogP contribution in [0, 0.1) is 10.1 Å². The maximum absolute atomic E-state index is 11.2. The molecule has 1 aromatic heterocycles. The fraction of sp³-hybridized carbons (Fsp3) is 0.150. The van der Waals surface area contributed by atoms with E-state index in [1.807, 2.05) is 40.7 Å².